The van der Waals surface area contributed by atoms with E-state index in [0.29, 0.717) is 99.3 Å². The molecule has 2 N–H and O–H groups in total. The molecule has 0 spiro atoms. The minimum atomic E-state index is 0. The summed E-state index contributed by atoms with van der Waals surface area (Å²) in [5.74, 6) is 4.13. The average Bonchev–Trinajstić information content (AvgIpc) is 1.57. The van der Waals surface area contributed by atoms with Gasteiger partial charge in [0.25, 0.3) is 0 Å². The van der Waals surface area contributed by atoms with Gasteiger partial charge in [-0.05, 0) is 128 Å². The van der Waals surface area contributed by atoms with Crippen LogP contribution < -0.4 is 25.3 Å². The largest absolute Gasteiger partial charge is 0.314 e. The number of aromatic nitrogens is 15. The lowest BCUT2D eigenvalue weighted by Gasteiger charge is -2.42. The highest BCUT2D eigenvalue weighted by Gasteiger charge is 2.34. The van der Waals surface area contributed by atoms with Crippen LogP contribution >= 0.6 is 12.4 Å². The van der Waals surface area contributed by atoms with Crippen LogP contribution in [0.2, 0.25) is 0 Å². The first-order chi connectivity index (χ1) is 53.1. The summed E-state index contributed by atoms with van der Waals surface area (Å²) < 4.78 is 5.71. The first kappa shape index (κ1) is 75.8. The third kappa shape index (κ3) is 17.5. The summed E-state index contributed by atoms with van der Waals surface area (Å²) in [5.41, 5.74) is 17.8. The predicted molar refractivity (Wildman–Crippen MR) is 426 cm³/mol. The number of hydrogen-bond donors (Lipinski definition) is 2. The van der Waals surface area contributed by atoms with Gasteiger partial charge in [-0.3, -0.25) is 43.9 Å². The Balaban J connectivity index is 0.000000133. The molecule has 2 aliphatic carbocycles. The zero-order chi connectivity index (χ0) is 75.1. The third-order valence-electron chi connectivity index (χ3n) is 21.3. The van der Waals surface area contributed by atoms with Gasteiger partial charge in [-0.1, -0.05) is 48.0 Å². The number of carbonyl (C=O) groups is 4. The van der Waals surface area contributed by atoms with Crippen LogP contribution in [-0.2, 0) is 38.4 Å². The number of piperazine rings is 3. The number of amides is 3. The van der Waals surface area contributed by atoms with Crippen molar-refractivity contribution in [3.8, 4) is 33.8 Å². The highest BCUT2D eigenvalue weighted by molar-refractivity contribution is 5.97. The zero-order valence-electron chi connectivity index (χ0n) is 63.1. The SMILES string of the molecule is CC(C)c1cnn2ccc(-c3ccnc(Cc4ccc(N5CCN(C6CCC6)CC5=O)cn4)n3)cc12.CC(C)c1cnn2ccc(-c3ccnc(Cc4ccc(N5CCN(C6CNC6)CC5=O)cn4)n3)cc12.CC(C)c1cnn2ccc(-c3ccnc(Cc4ccc(N5CCNCC5=O)cn4)n3)cc12.Cl.O=C1CCC1. The van der Waals surface area contributed by atoms with E-state index in [1.54, 1.807) is 42.1 Å². The molecular formula is C83H93ClN22O4. The molecule has 566 valence electrons. The fraction of sp³-hybridized carbons (Fsp3) is 0.373. The maximum atomic E-state index is 12.8. The Hall–Kier alpha value is -11.0. The first-order valence-corrected chi connectivity index (χ1v) is 38.1. The van der Waals surface area contributed by atoms with Crippen molar-refractivity contribution < 1.29 is 19.2 Å². The van der Waals surface area contributed by atoms with Crippen LogP contribution in [0.4, 0.5) is 17.1 Å². The molecule has 4 saturated heterocycles. The number of rotatable bonds is 17. The molecule has 6 aliphatic rings. The van der Waals surface area contributed by atoms with Crippen molar-refractivity contribution in [1.29, 1.82) is 0 Å². The van der Waals surface area contributed by atoms with Gasteiger partial charge in [-0.15, -0.1) is 12.4 Å². The van der Waals surface area contributed by atoms with Gasteiger partial charge in [-0.25, -0.2) is 43.5 Å². The minimum absolute atomic E-state index is 0. The number of carbonyl (C=O) groups excluding carboxylic acids is 4. The van der Waals surface area contributed by atoms with Gasteiger partial charge in [0.1, 0.15) is 23.3 Å². The Bertz CT molecular complexity index is 5010. The lowest BCUT2D eigenvalue weighted by atomic mass is 9.91. The summed E-state index contributed by atoms with van der Waals surface area (Å²) in [4.78, 5) is 99.1. The summed E-state index contributed by atoms with van der Waals surface area (Å²) >= 11 is 0. The molecule has 0 bridgehead atoms. The fourth-order valence-electron chi connectivity index (χ4n) is 14.3. The van der Waals surface area contributed by atoms with Crippen LogP contribution in [0, 0.1) is 0 Å². The fourth-order valence-corrected chi connectivity index (χ4v) is 14.3. The van der Waals surface area contributed by atoms with Crippen molar-refractivity contribution >= 4 is 69.5 Å². The van der Waals surface area contributed by atoms with Gasteiger partial charge in [0, 0.05) is 165 Å². The van der Waals surface area contributed by atoms with Gasteiger partial charge in [0.05, 0.1) is 127 Å². The van der Waals surface area contributed by atoms with E-state index in [9.17, 15) is 19.2 Å². The normalized spacial score (nSPS) is 16.5. The Morgan fingerprint density at radius 1 is 0.418 bits per heavy atom. The number of nitrogens with one attached hydrogen (secondary N) is 2. The Morgan fingerprint density at radius 2 is 0.800 bits per heavy atom. The van der Waals surface area contributed by atoms with Crippen LogP contribution in [0.3, 0.4) is 0 Å². The van der Waals surface area contributed by atoms with Gasteiger partial charge in [0.2, 0.25) is 17.7 Å². The van der Waals surface area contributed by atoms with Crippen molar-refractivity contribution in [2.45, 2.75) is 129 Å². The molecule has 12 aromatic rings. The van der Waals surface area contributed by atoms with E-state index in [-0.39, 0.29) is 30.1 Å². The summed E-state index contributed by atoms with van der Waals surface area (Å²) in [7, 11) is 0. The van der Waals surface area contributed by atoms with E-state index in [1.807, 2.05) is 133 Å². The topological polar surface area (TPSA) is 276 Å². The molecule has 6 fully saturated rings. The number of ketones is 1. The standard InChI is InChI=1S/C28H31N7O.C27H30N8O.C24H25N7O.C4H6O.ClH/c1-19(2)24-17-31-35-11-9-20(14-26(24)35)25-8-10-29-27(32-25)15-21-6-7-23(16-30-21)34-13-12-33(18-28(34)36)22-4-3-5-22;1-18(2)23-16-31-35-8-6-19(11-25(23)35)24-5-7-29-26(32-24)12-20-3-4-21(15-30-20)34-10-9-33(17-27(34)36)22-13-28-14-22;1-16(2)20-14-28-31-9-6-17(11-22(20)31)21-5-7-26-23(29-21)12-18-3-4-19(13-27-18)30-10-8-25-15-24(30)32;5-4-2-1-3-4;/h6-11,14,16-17,19,22H,3-5,12-13,15,18H2,1-2H3;3-8,11,15-16,18,22,28H,9-10,12-14,17H2,1-2H3;3-7,9,11,13-14,16,25H,8,10,12,15H2,1-2H3;1-3H2;1H. The number of halogens is 1. The number of hydrogen-bond acceptors (Lipinski definition) is 20. The van der Waals surface area contributed by atoms with Gasteiger partial charge >= 0.3 is 0 Å². The number of pyridine rings is 6. The molecule has 26 nitrogen and oxygen atoms in total. The quantitative estimate of drug-likeness (QED) is 0.0857. The first-order valence-electron chi connectivity index (χ1n) is 38.1. The van der Waals surface area contributed by atoms with Crippen LogP contribution in [0.15, 0.2) is 165 Å². The van der Waals surface area contributed by atoms with E-state index >= 15 is 0 Å². The molecule has 2 saturated carbocycles. The molecule has 0 aromatic carbocycles. The lowest BCUT2D eigenvalue weighted by Crippen LogP contribution is -2.63. The van der Waals surface area contributed by atoms with Crippen molar-refractivity contribution in [2.24, 2.45) is 0 Å². The smallest absolute Gasteiger partial charge is 0.241 e. The summed E-state index contributed by atoms with van der Waals surface area (Å²) in [5, 5.41) is 19.7. The van der Waals surface area contributed by atoms with Gasteiger partial charge in [0.15, 0.2) is 0 Å². The van der Waals surface area contributed by atoms with Crippen LogP contribution in [-0.4, -0.2) is 191 Å². The van der Waals surface area contributed by atoms with E-state index in [0.717, 1.165) is 149 Å². The second kappa shape index (κ2) is 34.3. The van der Waals surface area contributed by atoms with Crippen LogP contribution in [0.25, 0.3) is 50.3 Å². The van der Waals surface area contributed by atoms with E-state index in [4.69, 9.17) is 15.0 Å². The molecule has 110 heavy (non-hydrogen) atoms. The molecule has 16 heterocycles. The van der Waals surface area contributed by atoms with Crippen LogP contribution in [0.1, 0.15) is 149 Å². The molecule has 12 aromatic heterocycles. The average molecular weight is 1500 g/mol. The highest BCUT2D eigenvalue weighted by atomic mass is 35.5. The van der Waals surface area contributed by atoms with Crippen molar-refractivity contribution in [3.05, 3.63) is 217 Å². The maximum Gasteiger partial charge on any atom is 0.241 e. The monoisotopic (exact) mass is 1500 g/mol. The van der Waals surface area contributed by atoms with E-state index in [1.165, 1.54) is 36.0 Å². The Kier molecular flexibility index (Phi) is 23.6. The van der Waals surface area contributed by atoms with E-state index in [2.05, 4.69) is 125 Å². The summed E-state index contributed by atoms with van der Waals surface area (Å²) in [6, 6.07) is 31.2. The van der Waals surface area contributed by atoms with Crippen molar-refractivity contribution in [2.75, 3.05) is 86.7 Å². The lowest BCUT2D eigenvalue weighted by molar-refractivity contribution is -0.124. The molecule has 27 heteroatoms. The second-order valence-corrected chi connectivity index (χ2v) is 29.7. The second-order valence-electron chi connectivity index (χ2n) is 29.7. The number of anilines is 3. The van der Waals surface area contributed by atoms with Crippen molar-refractivity contribution in [1.82, 2.24) is 94.1 Å². The number of nitrogens with zero attached hydrogens (tertiary/aromatic N) is 20. The summed E-state index contributed by atoms with van der Waals surface area (Å²) in [6.07, 6.45) is 30.6. The number of Topliss-reactive ketones (excluding diaryl/α,β-unsaturated/α-hetero) is 1. The molecule has 18 rings (SSSR count). The van der Waals surface area contributed by atoms with E-state index < -0.39 is 0 Å². The van der Waals surface area contributed by atoms with Crippen LogP contribution in [0.5, 0.6) is 0 Å². The summed E-state index contributed by atoms with van der Waals surface area (Å²) in [6.45, 7) is 21.0. The van der Waals surface area contributed by atoms with Crippen molar-refractivity contribution in [3.63, 3.8) is 0 Å². The number of fused-ring (bicyclic) bond motifs is 3. The molecule has 4 aliphatic heterocycles. The molecule has 0 atom stereocenters. The highest BCUT2D eigenvalue weighted by Crippen LogP contribution is 2.32. The van der Waals surface area contributed by atoms with Gasteiger partial charge in [-0.2, -0.15) is 15.3 Å². The molecule has 3 amide bonds. The maximum absolute atomic E-state index is 12.8. The minimum Gasteiger partial charge on any atom is -0.314 e. The predicted octanol–water partition coefficient (Wildman–Crippen LogP) is 10.6. The Morgan fingerprint density at radius 3 is 1.10 bits per heavy atom. The molecule has 0 radical (unpaired) electrons. The Labute approximate surface area is 645 Å². The molecular weight excluding hydrogens is 1400 g/mol. The zero-order valence-corrected chi connectivity index (χ0v) is 63.9. The third-order valence-corrected chi connectivity index (χ3v) is 21.3. The molecule has 0 unspecified atom stereocenters. The van der Waals surface area contributed by atoms with Gasteiger partial charge < -0.3 is 25.3 Å².